The minimum absolute atomic E-state index is 0.207. The average Bonchev–Trinajstić information content (AvgIpc) is 2.48. The largest absolute Gasteiger partial charge is 0.487 e. The maximum absolute atomic E-state index is 11.8. The standard InChI is InChI=1S/C18H28N2O3S/c1-14(2)13-20-10-8-18(9-11-20)12-16(19-24(3,21)22)15-6-4-5-7-17(15)23-18/h4-7,14,16,19H,8-13H2,1-3H3/t16-/m0/s1. The molecule has 1 aromatic rings. The molecule has 24 heavy (non-hydrogen) atoms. The van der Waals surface area contributed by atoms with Crippen molar-refractivity contribution in [2.75, 3.05) is 25.9 Å². The van der Waals surface area contributed by atoms with E-state index in [9.17, 15) is 8.42 Å². The van der Waals surface area contributed by atoms with Crippen molar-refractivity contribution in [1.82, 2.24) is 9.62 Å². The number of hydrogen-bond donors (Lipinski definition) is 1. The number of benzene rings is 1. The Morgan fingerprint density at radius 2 is 1.96 bits per heavy atom. The van der Waals surface area contributed by atoms with Crippen LogP contribution in [0.5, 0.6) is 5.75 Å². The zero-order chi connectivity index (χ0) is 17.4. The van der Waals surface area contributed by atoms with Crippen LogP contribution >= 0.6 is 0 Å². The zero-order valence-electron chi connectivity index (χ0n) is 14.8. The third-order valence-electron chi connectivity index (χ3n) is 4.94. The fraction of sp³-hybridized carbons (Fsp3) is 0.667. The third-order valence-corrected chi connectivity index (χ3v) is 5.66. The molecule has 0 bridgehead atoms. The molecule has 0 unspecified atom stereocenters. The van der Waals surface area contributed by atoms with E-state index < -0.39 is 10.0 Å². The molecule has 1 atom stereocenters. The van der Waals surface area contributed by atoms with Crippen LogP contribution in [0.1, 0.15) is 44.7 Å². The van der Waals surface area contributed by atoms with E-state index in [1.54, 1.807) is 0 Å². The Bertz CT molecular complexity index is 679. The van der Waals surface area contributed by atoms with E-state index >= 15 is 0 Å². The monoisotopic (exact) mass is 352 g/mol. The minimum Gasteiger partial charge on any atom is -0.487 e. The fourth-order valence-corrected chi connectivity index (χ4v) is 4.67. The molecule has 0 saturated carbocycles. The van der Waals surface area contributed by atoms with Crippen LogP contribution in [0, 0.1) is 5.92 Å². The van der Waals surface area contributed by atoms with Crippen LogP contribution in [0.3, 0.4) is 0 Å². The maximum Gasteiger partial charge on any atom is 0.209 e. The summed E-state index contributed by atoms with van der Waals surface area (Å²) in [6.07, 6.45) is 3.81. The number of nitrogens with one attached hydrogen (secondary N) is 1. The summed E-state index contributed by atoms with van der Waals surface area (Å²) in [6, 6.07) is 7.58. The Balaban J connectivity index is 1.80. The second kappa shape index (κ2) is 6.65. The van der Waals surface area contributed by atoms with Crippen molar-refractivity contribution in [3.8, 4) is 5.75 Å². The Kier molecular flexibility index (Phi) is 4.91. The molecule has 0 aromatic heterocycles. The average molecular weight is 353 g/mol. The van der Waals surface area contributed by atoms with Gasteiger partial charge in [-0.1, -0.05) is 32.0 Å². The van der Waals surface area contributed by atoms with Gasteiger partial charge in [0.25, 0.3) is 0 Å². The summed E-state index contributed by atoms with van der Waals surface area (Å²) in [4.78, 5) is 2.48. The summed E-state index contributed by atoms with van der Waals surface area (Å²) in [5.41, 5.74) is 0.683. The van der Waals surface area contributed by atoms with Gasteiger partial charge in [-0.15, -0.1) is 0 Å². The van der Waals surface area contributed by atoms with Crippen molar-refractivity contribution in [3.05, 3.63) is 29.8 Å². The molecule has 1 spiro atoms. The van der Waals surface area contributed by atoms with Crippen molar-refractivity contribution in [1.29, 1.82) is 0 Å². The normalized spacial score (nSPS) is 23.9. The number of para-hydroxylation sites is 1. The van der Waals surface area contributed by atoms with Crippen LogP contribution < -0.4 is 9.46 Å². The quantitative estimate of drug-likeness (QED) is 0.905. The number of likely N-dealkylation sites (tertiary alicyclic amines) is 1. The predicted octanol–water partition coefficient (Wildman–Crippen LogP) is 2.55. The van der Waals surface area contributed by atoms with Gasteiger partial charge in [-0.3, -0.25) is 0 Å². The number of ether oxygens (including phenoxy) is 1. The first-order chi connectivity index (χ1) is 11.3. The van der Waals surface area contributed by atoms with Crippen LogP contribution in [-0.2, 0) is 10.0 Å². The molecule has 2 aliphatic rings. The summed E-state index contributed by atoms with van der Waals surface area (Å²) >= 11 is 0. The first-order valence-corrected chi connectivity index (χ1v) is 10.6. The fourth-order valence-electron chi connectivity index (χ4n) is 3.95. The first kappa shape index (κ1) is 17.7. The Labute approximate surface area is 145 Å². The van der Waals surface area contributed by atoms with Crippen molar-refractivity contribution < 1.29 is 13.2 Å². The van der Waals surface area contributed by atoms with E-state index in [4.69, 9.17) is 4.74 Å². The van der Waals surface area contributed by atoms with E-state index in [1.807, 2.05) is 24.3 Å². The molecule has 1 saturated heterocycles. The van der Waals surface area contributed by atoms with Gasteiger partial charge in [0, 0.05) is 31.6 Å². The van der Waals surface area contributed by atoms with Gasteiger partial charge in [-0.25, -0.2) is 13.1 Å². The number of fused-ring (bicyclic) bond motifs is 1. The van der Waals surface area contributed by atoms with Crippen LogP contribution in [0.25, 0.3) is 0 Å². The van der Waals surface area contributed by atoms with Crippen LogP contribution in [0.4, 0.5) is 0 Å². The van der Waals surface area contributed by atoms with Crippen LogP contribution in [0.2, 0.25) is 0 Å². The number of piperidine rings is 1. The molecule has 2 aliphatic heterocycles. The van der Waals surface area contributed by atoms with E-state index in [-0.39, 0.29) is 11.6 Å². The highest BCUT2D eigenvalue weighted by Gasteiger charge is 2.43. The highest BCUT2D eigenvalue weighted by Crippen LogP contribution is 2.44. The minimum atomic E-state index is -3.26. The van der Waals surface area contributed by atoms with E-state index in [0.717, 1.165) is 43.8 Å². The molecule has 1 aromatic carbocycles. The molecule has 0 amide bonds. The van der Waals surface area contributed by atoms with Gasteiger partial charge in [0.2, 0.25) is 10.0 Å². The van der Waals surface area contributed by atoms with Gasteiger partial charge in [0.1, 0.15) is 11.4 Å². The molecule has 2 heterocycles. The summed E-state index contributed by atoms with van der Waals surface area (Å²) in [5, 5.41) is 0. The van der Waals surface area contributed by atoms with Gasteiger partial charge >= 0.3 is 0 Å². The lowest BCUT2D eigenvalue weighted by molar-refractivity contribution is -0.0251. The summed E-state index contributed by atoms with van der Waals surface area (Å²) in [5.74, 6) is 1.48. The third kappa shape index (κ3) is 4.10. The topological polar surface area (TPSA) is 58.6 Å². The van der Waals surface area contributed by atoms with E-state index in [2.05, 4.69) is 23.5 Å². The van der Waals surface area contributed by atoms with Crippen LogP contribution in [0.15, 0.2) is 24.3 Å². The molecule has 1 fully saturated rings. The van der Waals surface area contributed by atoms with Crippen LogP contribution in [-0.4, -0.2) is 44.8 Å². The van der Waals surface area contributed by atoms with E-state index in [0.29, 0.717) is 12.3 Å². The lowest BCUT2D eigenvalue weighted by Crippen LogP contribution is -2.52. The van der Waals surface area contributed by atoms with Gasteiger partial charge in [-0.05, 0) is 24.8 Å². The highest BCUT2D eigenvalue weighted by molar-refractivity contribution is 7.88. The summed E-state index contributed by atoms with van der Waals surface area (Å²) in [7, 11) is -3.26. The lowest BCUT2D eigenvalue weighted by Gasteiger charge is -2.47. The molecule has 0 radical (unpaired) electrons. The van der Waals surface area contributed by atoms with Crippen molar-refractivity contribution >= 4 is 10.0 Å². The number of hydrogen-bond acceptors (Lipinski definition) is 4. The van der Waals surface area contributed by atoms with Crippen molar-refractivity contribution in [3.63, 3.8) is 0 Å². The van der Waals surface area contributed by atoms with E-state index in [1.165, 1.54) is 6.26 Å². The molecule has 5 nitrogen and oxygen atoms in total. The maximum atomic E-state index is 11.8. The lowest BCUT2D eigenvalue weighted by atomic mass is 9.81. The number of sulfonamides is 1. The highest BCUT2D eigenvalue weighted by atomic mass is 32.2. The predicted molar refractivity (Wildman–Crippen MR) is 95.7 cm³/mol. The molecule has 0 aliphatic carbocycles. The van der Waals surface area contributed by atoms with Gasteiger partial charge in [-0.2, -0.15) is 0 Å². The summed E-state index contributed by atoms with van der Waals surface area (Å²) < 4.78 is 32.8. The zero-order valence-corrected chi connectivity index (χ0v) is 15.6. The Hall–Kier alpha value is -1.11. The van der Waals surface area contributed by atoms with Gasteiger partial charge < -0.3 is 9.64 Å². The molecular weight excluding hydrogens is 324 g/mol. The number of nitrogens with zero attached hydrogens (tertiary/aromatic N) is 1. The molecule has 3 rings (SSSR count). The smallest absolute Gasteiger partial charge is 0.209 e. The second-order valence-corrected chi connectivity index (χ2v) is 9.44. The SMILES string of the molecule is CC(C)CN1CCC2(CC1)C[C@H](NS(C)(=O)=O)c1ccccc1O2. The van der Waals surface area contributed by atoms with Crippen molar-refractivity contribution in [2.24, 2.45) is 5.92 Å². The molecule has 134 valence electrons. The number of rotatable bonds is 4. The Morgan fingerprint density at radius 1 is 1.29 bits per heavy atom. The molecular formula is C18H28N2O3S. The van der Waals surface area contributed by atoms with Crippen molar-refractivity contribution in [2.45, 2.75) is 44.8 Å². The second-order valence-electron chi connectivity index (χ2n) is 7.66. The van der Waals surface area contributed by atoms with Gasteiger partial charge in [0.15, 0.2) is 0 Å². The molecule has 6 heteroatoms. The Morgan fingerprint density at radius 3 is 2.58 bits per heavy atom. The summed E-state index contributed by atoms with van der Waals surface area (Å²) in [6.45, 7) is 7.60. The van der Waals surface area contributed by atoms with Gasteiger partial charge in [0.05, 0.1) is 12.3 Å². The molecule has 1 N–H and O–H groups in total. The first-order valence-electron chi connectivity index (χ1n) is 8.74.